The molecular weight excluding hydrogens is 354 g/mol. The number of likely N-dealkylation sites (tertiary alicyclic amines) is 1. The average Bonchev–Trinajstić information content (AvgIpc) is 3.15. The van der Waals surface area contributed by atoms with Crippen molar-refractivity contribution in [1.82, 2.24) is 10.2 Å². The van der Waals surface area contributed by atoms with Crippen LogP contribution in [0.25, 0.3) is 0 Å². The van der Waals surface area contributed by atoms with Gasteiger partial charge in [-0.05, 0) is 42.7 Å². The van der Waals surface area contributed by atoms with Gasteiger partial charge in [-0.25, -0.2) is 5.06 Å². The molecule has 2 unspecified atom stereocenters. The van der Waals surface area contributed by atoms with Gasteiger partial charge < -0.3 is 10.4 Å². The van der Waals surface area contributed by atoms with Crippen LogP contribution in [0.2, 0.25) is 0 Å². The van der Waals surface area contributed by atoms with Crippen LogP contribution < -0.4 is 10.4 Å². The Kier molecular flexibility index (Phi) is 7.03. The molecule has 0 aliphatic carbocycles. The number of anilines is 1. The summed E-state index contributed by atoms with van der Waals surface area (Å²) in [5.74, 6) is -0.108. The molecule has 3 N–H and O–H groups in total. The van der Waals surface area contributed by atoms with Gasteiger partial charge in [0.15, 0.2) is 0 Å². The Morgan fingerprint density at radius 1 is 1.21 bits per heavy atom. The number of carbonyl (C=O) groups is 1. The molecule has 1 aliphatic rings. The molecule has 2 aromatic rings. The van der Waals surface area contributed by atoms with Crippen LogP contribution in [0.15, 0.2) is 54.6 Å². The molecule has 1 amide bonds. The zero-order chi connectivity index (χ0) is 19.9. The van der Waals surface area contributed by atoms with Gasteiger partial charge >= 0.3 is 0 Å². The summed E-state index contributed by atoms with van der Waals surface area (Å²) < 4.78 is 0. The van der Waals surface area contributed by atoms with Gasteiger partial charge in [0, 0.05) is 31.7 Å². The minimum atomic E-state index is -0.301. The van der Waals surface area contributed by atoms with Crippen molar-refractivity contribution < 1.29 is 15.1 Å². The van der Waals surface area contributed by atoms with E-state index in [4.69, 9.17) is 0 Å². The molecule has 1 saturated heterocycles. The van der Waals surface area contributed by atoms with Gasteiger partial charge in [-0.2, -0.15) is 0 Å². The summed E-state index contributed by atoms with van der Waals surface area (Å²) in [6.07, 6.45) is 1.34. The molecule has 0 saturated carbocycles. The number of carbonyl (C=O) groups excluding carboxylic acids is 1. The molecule has 0 spiro atoms. The highest BCUT2D eigenvalue weighted by Crippen LogP contribution is 2.28. The van der Waals surface area contributed by atoms with Crippen molar-refractivity contribution in [3.8, 4) is 0 Å². The van der Waals surface area contributed by atoms with E-state index in [-0.39, 0.29) is 18.1 Å². The first-order chi connectivity index (χ1) is 13.6. The number of aliphatic hydroxyl groups is 1. The normalized spacial score (nSPS) is 18.0. The third kappa shape index (κ3) is 5.10. The number of aliphatic hydroxyl groups excluding tert-OH is 1. The van der Waals surface area contributed by atoms with Crippen LogP contribution in [0.1, 0.15) is 41.7 Å². The second-order valence-corrected chi connectivity index (χ2v) is 7.28. The molecule has 0 aromatic heterocycles. The maximum absolute atomic E-state index is 12.1. The second kappa shape index (κ2) is 9.68. The first kappa shape index (κ1) is 20.3. The molecule has 6 nitrogen and oxygen atoms in total. The van der Waals surface area contributed by atoms with E-state index in [2.05, 4.69) is 10.2 Å². The molecule has 0 radical (unpaired) electrons. The molecule has 150 valence electrons. The summed E-state index contributed by atoms with van der Waals surface area (Å²) in [5.41, 5.74) is 2.20. The van der Waals surface area contributed by atoms with Crippen molar-refractivity contribution in [1.29, 1.82) is 0 Å². The first-order valence-electron chi connectivity index (χ1n) is 9.90. The smallest absolute Gasteiger partial charge is 0.251 e. The van der Waals surface area contributed by atoms with Gasteiger partial charge in [-0.15, -0.1) is 0 Å². The monoisotopic (exact) mass is 383 g/mol. The summed E-state index contributed by atoms with van der Waals surface area (Å²) in [4.78, 5) is 14.2. The fraction of sp³-hybridized carbons (Fsp3) is 0.409. The van der Waals surface area contributed by atoms with E-state index < -0.39 is 0 Å². The van der Waals surface area contributed by atoms with E-state index >= 15 is 0 Å². The lowest BCUT2D eigenvalue weighted by atomic mass is 10.0. The Balaban J connectivity index is 1.76. The van der Waals surface area contributed by atoms with Crippen LogP contribution in [0.3, 0.4) is 0 Å². The van der Waals surface area contributed by atoms with Crippen LogP contribution >= 0.6 is 0 Å². The Bertz CT molecular complexity index is 751. The maximum Gasteiger partial charge on any atom is 0.251 e. The zero-order valence-corrected chi connectivity index (χ0v) is 16.3. The van der Waals surface area contributed by atoms with Gasteiger partial charge in [0.2, 0.25) is 0 Å². The standard InChI is InChI=1S/C22H29N3O3/c1-2-13-23-22(27)18-8-10-19(11-9-18)25(28)21(17-6-4-3-5-7-17)16-24-14-12-20(26)15-24/h3-11,20-21,26,28H,2,12-16H2,1H3,(H,23,27). The van der Waals surface area contributed by atoms with Crippen molar-refractivity contribution in [2.75, 3.05) is 31.2 Å². The number of hydrogen-bond acceptors (Lipinski definition) is 5. The number of benzene rings is 2. The van der Waals surface area contributed by atoms with Crippen molar-refractivity contribution in [3.05, 3.63) is 65.7 Å². The average molecular weight is 383 g/mol. The summed E-state index contributed by atoms with van der Waals surface area (Å²) in [5, 5.41) is 24.9. The van der Waals surface area contributed by atoms with Crippen molar-refractivity contribution in [3.63, 3.8) is 0 Å². The molecule has 1 heterocycles. The van der Waals surface area contributed by atoms with Gasteiger partial charge in [0.1, 0.15) is 0 Å². The van der Waals surface area contributed by atoms with Crippen LogP contribution in [0.4, 0.5) is 5.69 Å². The topological polar surface area (TPSA) is 76.0 Å². The predicted octanol–water partition coefficient (Wildman–Crippen LogP) is 2.83. The highest BCUT2D eigenvalue weighted by Gasteiger charge is 2.27. The van der Waals surface area contributed by atoms with Crippen LogP contribution in [0, 0.1) is 0 Å². The highest BCUT2D eigenvalue weighted by atomic mass is 16.5. The van der Waals surface area contributed by atoms with E-state index in [1.165, 1.54) is 5.06 Å². The lowest BCUT2D eigenvalue weighted by Gasteiger charge is -2.31. The van der Waals surface area contributed by atoms with E-state index in [1.807, 2.05) is 37.3 Å². The number of nitrogens with one attached hydrogen (secondary N) is 1. The van der Waals surface area contributed by atoms with Crippen LogP contribution in [0.5, 0.6) is 0 Å². The minimum absolute atomic E-state index is 0.108. The summed E-state index contributed by atoms with van der Waals surface area (Å²) in [6.45, 7) is 4.69. The SMILES string of the molecule is CCCNC(=O)c1ccc(N(O)C(CN2CCC(O)C2)c2ccccc2)cc1. The number of hydrogen-bond donors (Lipinski definition) is 3. The van der Waals surface area contributed by atoms with E-state index in [0.717, 1.165) is 24.9 Å². The Hall–Kier alpha value is -2.41. The molecule has 6 heteroatoms. The summed E-state index contributed by atoms with van der Waals surface area (Å²) >= 11 is 0. The van der Waals surface area contributed by atoms with Gasteiger partial charge in [-0.1, -0.05) is 37.3 Å². The Morgan fingerprint density at radius 2 is 1.93 bits per heavy atom. The summed E-state index contributed by atoms with van der Waals surface area (Å²) in [6, 6.07) is 16.5. The van der Waals surface area contributed by atoms with Crippen molar-refractivity contribution in [2.24, 2.45) is 0 Å². The predicted molar refractivity (Wildman–Crippen MR) is 110 cm³/mol. The number of β-amino-alcohol motifs (C(OH)–C–C–N with tert-alkyl or cyclic N) is 1. The molecule has 28 heavy (non-hydrogen) atoms. The molecule has 1 fully saturated rings. The van der Waals surface area contributed by atoms with Crippen LogP contribution in [-0.2, 0) is 0 Å². The molecule has 2 atom stereocenters. The Labute approximate surface area is 166 Å². The van der Waals surface area contributed by atoms with E-state index in [9.17, 15) is 15.1 Å². The summed E-state index contributed by atoms with van der Waals surface area (Å²) in [7, 11) is 0. The third-order valence-corrected chi connectivity index (χ3v) is 5.09. The van der Waals surface area contributed by atoms with Crippen molar-refractivity contribution >= 4 is 11.6 Å². The number of hydroxylamine groups is 1. The molecule has 0 bridgehead atoms. The van der Waals surface area contributed by atoms with Crippen molar-refractivity contribution in [2.45, 2.75) is 31.9 Å². The second-order valence-electron chi connectivity index (χ2n) is 7.28. The molecule has 3 rings (SSSR count). The highest BCUT2D eigenvalue weighted by molar-refractivity contribution is 5.94. The fourth-order valence-corrected chi connectivity index (χ4v) is 3.51. The van der Waals surface area contributed by atoms with Crippen LogP contribution in [-0.4, -0.2) is 53.4 Å². The number of nitrogens with zero attached hydrogens (tertiary/aromatic N) is 2. The van der Waals surface area contributed by atoms with Gasteiger partial charge in [0.25, 0.3) is 5.91 Å². The third-order valence-electron chi connectivity index (χ3n) is 5.09. The fourth-order valence-electron chi connectivity index (χ4n) is 3.51. The molecular formula is C22H29N3O3. The molecule has 2 aromatic carbocycles. The minimum Gasteiger partial charge on any atom is -0.392 e. The van der Waals surface area contributed by atoms with E-state index in [1.54, 1.807) is 24.3 Å². The lowest BCUT2D eigenvalue weighted by Crippen LogP contribution is -2.36. The largest absolute Gasteiger partial charge is 0.392 e. The first-order valence-corrected chi connectivity index (χ1v) is 9.90. The van der Waals surface area contributed by atoms with Gasteiger partial charge in [0.05, 0.1) is 17.8 Å². The maximum atomic E-state index is 12.1. The van der Waals surface area contributed by atoms with Gasteiger partial charge in [-0.3, -0.25) is 14.9 Å². The zero-order valence-electron chi connectivity index (χ0n) is 16.3. The molecule has 1 aliphatic heterocycles. The quantitative estimate of drug-likeness (QED) is 0.611. The number of rotatable bonds is 8. The Morgan fingerprint density at radius 3 is 2.54 bits per heavy atom. The van der Waals surface area contributed by atoms with E-state index in [0.29, 0.717) is 30.9 Å². The lowest BCUT2D eigenvalue weighted by molar-refractivity contribution is 0.0953. The number of amides is 1.